The summed E-state index contributed by atoms with van der Waals surface area (Å²) in [5, 5.41) is 2.63. The number of carbonyl (C=O) groups excluding carboxylic acids is 2. The average molecular weight is 458 g/mol. The van der Waals surface area contributed by atoms with Gasteiger partial charge in [-0.2, -0.15) is 0 Å². The fraction of sp³-hybridized carbons (Fsp3) is 0.200. The number of imidazole rings is 2. The molecule has 0 radical (unpaired) electrons. The van der Waals surface area contributed by atoms with Gasteiger partial charge >= 0.3 is 0 Å². The van der Waals surface area contributed by atoms with Gasteiger partial charge in [0.15, 0.2) is 10.7 Å². The number of unbranched alkanes of at least 4 members (excludes halogenated alkanes) is 1. The van der Waals surface area contributed by atoms with Crippen LogP contribution in [0, 0.1) is 0 Å². The molecule has 3 heterocycles. The summed E-state index contributed by atoms with van der Waals surface area (Å²) in [6.07, 6.45) is 9.85. The molecule has 0 aliphatic carbocycles. The van der Waals surface area contributed by atoms with E-state index in [1.807, 2.05) is 47.3 Å². The van der Waals surface area contributed by atoms with Gasteiger partial charge in [-0.1, -0.05) is 23.5 Å². The third kappa shape index (κ3) is 4.29. The van der Waals surface area contributed by atoms with Crippen molar-refractivity contribution < 1.29 is 9.59 Å². The summed E-state index contributed by atoms with van der Waals surface area (Å²) in [6, 6.07) is 13.3. The van der Waals surface area contributed by atoms with E-state index in [4.69, 9.17) is 4.98 Å². The smallest absolute Gasteiger partial charge is 0.251 e. The van der Waals surface area contributed by atoms with Crippen LogP contribution in [0.15, 0.2) is 67.4 Å². The molecule has 8 heteroatoms. The Bertz CT molecular complexity index is 1430. The number of Topliss-reactive ketones (excluding diaryl/α,β-unsaturated/α-hetero) is 1. The Labute approximate surface area is 194 Å². The molecule has 0 unspecified atom stereocenters. The van der Waals surface area contributed by atoms with Crippen molar-refractivity contribution in [3.63, 3.8) is 0 Å². The first-order chi connectivity index (χ1) is 16.1. The summed E-state index contributed by atoms with van der Waals surface area (Å²) in [5.41, 5.74) is 4.21. The minimum atomic E-state index is -0.109. The zero-order valence-electron chi connectivity index (χ0n) is 18.2. The van der Waals surface area contributed by atoms with Gasteiger partial charge in [0.25, 0.3) is 5.91 Å². The monoisotopic (exact) mass is 457 g/mol. The molecule has 5 rings (SSSR count). The number of aryl methyl sites for hydroxylation is 1. The van der Waals surface area contributed by atoms with E-state index in [-0.39, 0.29) is 11.7 Å². The summed E-state index contributed by atoms with van der Waals surface area (Å²) in [4.78, 5) is 34.1. The molecule has 33 heavy (non-hydrogen) atoms. The molecule has 0 bridgehead atoms. The molecule has 0 spiro atoms. The van der Waals surface area contributed by atoms with Crippen molar-refractivity contribution in [2.45, 2.75) is 25.8 Å². The minimum absolute atomic E-state index is 0.109. The molecule has 0 saturated heterocycles. The highest BCUT2D eigenvalue weighted by Gasteiger charge is 2.13. The van der Waals surface area contributed by atoms with Crippen LogP contribution in [-0.4, -0.2) is 37.7 Å². The first-order valence-corrected chi connectivity index (χ1v) is 11.7. The quantitative estimate of drug-likeness (QED) is 0.267. The minimum Gasteiger partial charge on any atom is -0.355 e. The maximum atomic E-state index is 12.7. The van der Waals surface area contributed by atoms with E-state index >= 15 is 0 Å². The fourth-order valence-electron chi connectivity index (χ4n) is 3.89. The van der Waals surface area contributed by atoms with Crippen molar-refractivity contribution in [1.82, 2.24) is 24.3 Å². The summed E-state index contributed by atoms with van der Waals surface area (Å²) in [7, 11) is 1.62. The SMILES string of the molecule is CNC(=O)c1ccc(-c2cn3c(n2)sc2cc(C(=O)CCCCn4ccnc4)ccc23)cc1. The van der Waals surface area contributed by atoms with Crippen molar-refractivity contribution in [2.75, 3.05) is 7.05 Å². The Morgan fingerprint density at radius 3 is 2.64 bits per heavy atom. The highest BCUT2D eigenvalue weighted by atomic mass is 32.1. The maximum absolute atomic E-state index is 12.7. The van der Waals surface area contributed by atoms with E-state index in [0.29, 0.717) is 12.0 Å². The molecule has 166 valence electrons. The third-order valence-electron chi connectivity index (χ3n) is 5.72. The molecule has 0 atom stereocenters. The van der Waals surface area contributed by atoms with Gasteiger partial charge in [0, 0.05) is 55.3 Å². The molecule has 0 aliphatic rings. The second-order valence-electron chi connectivity index (χ2n) is 7.90. The van der Waals surface area contributed by atoms with Gasteiger partial charge in [-0.05, 0) is 43.2 Å². The third-order valence-corrected chi connectivity index (χ3v) is 6.73. The predicted molar refractivity (Wildman–Crippen MR) is 130 cm³/mol. The predicted octanol–water partition coefficient (Wildman–Crippen LogP) is 4.83. The second kappa shape index (κ2) is 8.99. The number of aromatic nitrogens is 4. The molecule has 1 N–H and O–H groups in total. The maximum Gasteiger partial charge on any atom is 0.251 e. The van der Waals surface area contributed by atoms with Gasteiger partial charge in [-0.25, -0.2) is 9.97 Å². The zero-order chi connectivity index (χ0) is 22.8. The lowest BCUT2D eigenvalue weighted by Crippen LogP contribution is -2.17. The highest BCUT2D eigenvalue weighted by molar-refractivity contribution is 7.23. The number of nitrogens with one attached hydrogen (secondary N) is 1. The molecule has 7 nitrogen and oxygen atoms in total. The molecule has 2 aromatic carbocycles. The zero-order valence-corrected chi connectivity index (χ0v) is 19.0. The average Bonchev–Trinajstić information content (AvgIpc) is 3.57. The van der Waals surface area contributed by atoms with E-state index in [2.05, 4.69) is 14.7 Å². The van der Waals surface area contributed by atoms with E-state index < -0.39 is 0 Å². The van der Waals surface area contributed by atoms with Gasteiger partial charge in [0.05, 0.1) is 22.2 Å². The summed E-state index contributed by atoms with van der Waals surface area (Å²) < 4.78 is 5.13. The van der Waals surface area contributed by atoms with E-state index in [1.54, 1.807) is 43.0 Å². The Kier molecular flexibility index (Phi) is 5.75. The topological polar surface area (TPSA) is 81.3 Å². The van der Waals surface area contributed by atoms with Crippen LogP contribution in [-0.2, 0) is 6.54 Å². The normalized spacial score (nSPS) is 11.3. The number of ketones is 1. The lowest BCUT2D eigenvalue weighted by Gasteiger charge is -2.03. The number of rotatable bonds is 8. The lowest BCUT2D eigenvalue weighted by atomic mass is 10.1. The summed E-state index contributed by atoms with van der Waals surface area (Å²) in [6.45, 7) is 0.880. The number of hydrogen-bond acceptors (Lipinski definition) is 5. The molecule has 0 saturated carbocycles. The second-order valence-corrected chi connectivity index (χ2v) is 8.91. The van der Waals surface area contributed by atoms with Crippen LogP contribution in [0.4, 0.5) is 0 Å². The van der Waals surface area contributed by atoms with Crippen molar-refractivity contribution in [2.24, 2.45) is 0 Å². The Hall–Kier alpha value is -3.78. The number of hydrogen-bond donors (Lipinski definition) is 1. The van der Waals surface area contributed by atoms with Crippen molar-refractivity contribution >= 4 is 38.2 Å². The summed E-state index contributed by atoms with van der Waals surface area (Å²) >= 11 is 1.57. The van der Waals surface area contributed by atoms with Crippen LogP contribution < -0.4 is 5.32 Å². The Balaban J connectivity index is 1.30. The van der Waals surface area contributed by atoms with E-state index in [9.17, 15) is 9.59 Å². The molecule has 5 aromatic rings. The number of amides is 1. The number of benzene rings is 2. The molecule has 0 fully saturated rings. The van der Waals surface area contributed by atoms with Crippen LogP contribution in [0.25, 0.3) is 26.4 Å². The molecular weight excluding hydrogens is 434 g/mol. The Morgan fingerprint density at radius 2 is 1.88 bits per heavy atom. The van der Waals surface area contributed by atoms with Crippen molar-refractivity contribution in [1.29, 1.82) is 0 Å². The van der Waals surface area contributed by atoms with E-state index in [1.165, 1.54) is 0 Å². The van der Waals surface area contributed by atoms with Crippen LogP contribution >= 0.6 is 11.3 Å². The van der Waals surface area contributed by atoms with Crippen LogP contribution in [0.2, 0.25) is 0 Å². The number of nitrogens with zero attached hydrogens (tertiary/aromatic N) is 4. The molecular formula is C25H23N5O2S. The van der Waals surface area contributed by atoms with Crippen molar-refractivity contribution in [3.8, 4) is 11.3 Å². The summed E-state index contributed by atoms with van der Waals surface area (Å²) in [5.74, 6) is 0.0624. The largest absolute Gasteiger partial charge is 0.355 e. The van der Waals surface area contributed by atoms with Crippen LogP contribution in [0.5, 0.6) is 0 Å². The molecule has 1 amide bonds. The van der Waals surface area contributed by atoms with Gasteiger partial charge in [0.2, 0.25) is 0 Å². The standard InChI is InChI=1S/C25H23N5O2S/c1-26-24(32)18-7-5-17(6-8-18)20-15-30-21-10-9-19(14-23(21)33-25(30)28-20)22(31)4-2-3-12-29-13-11-27-16-29/h5-11,13-16H,2-4,12H2,1H3,(H,26,32). The van der Waals surface area contributed by atoms with Gasteiger partial charge < -0.3 is 9.88 Å². The molecule has 0 aliphatic heterocycles. The first-order valence-electron chi connectivity index (χ1n) is 10.9. The van der Waals surface area contributed by atoms with Gasteiger partial charge in [0.1, 0.15) is 0 Å². The van der Waals surface area contributed by atoms with Crippen molar-refractivity contribution in [3.05, 3.63) is 78.5 Å². The number of thiazole rings is 1. The van der Waals surface area contributed by atoms with Gasteiger partial charge in [-0.3, -0.25) is 14.0 Å². The fourth-order valence-corrected chi connectivity index (χ4v) is 4.94. The lowest BCUT2D eigenvalue weighted by molar-refractivity contribution is 0.0959. The molecule has 3 aromatic heterocycles. The Morgan fingerprint density at radius 1 is 1.06 bits per heavy atom. The first kappa shape index (κ1) is 21.1. The van der Waals surface area contributed by atoms with Crippen LogP contribution in [0.1, 0.15) is 40.0 Å². The number of fused-ring (bicyclic) bond motifs is 3. The number of carbonyl (C=O) groups is 2. The van der Waals surface area contributed by atoms with E-state index in [0.717, 1.165) is 51.4 Å². The van der Waals surface area contributed by atoms with Crippen LogP contribution in [0.3, 0.4) is 0 Å². The van der Waals surface area contributed by atoms with Gasteiger partial charge in [-0.15, -0.1) is 0 Å². The highest BCUT2D eigenvalue weighted by Crippen LogP contribution is 2.30.